The van der Waals surface area contributed by atoms with Gasteiger partial charge in [0.1, 0.15) is 0 Å². The van der Waals surface area contributed by atoms with Crippen LogP contribution in [0.5, 0.6) is 0 Å². The van der Waals surface area contributed by atoms with Crippen molar-refractivity contribution in [3.8, 4) is 5.69 Å². The minimum atomic E-state index is -0.0428. The predicted molar refractivity (Wildman–Crippen MR) is 114 cm³/mol. The van der Waals surface area contributed by atoms with Crippen LogP contribution in [0.4, 0.5) is 0 Å². The van der Waals surface area contributed by atoms with E-state index in [4.69, 9.17) is 0 Å². The van der Waals surface area contributed by atoms with Crippen molar-refractivity contribution in [1.82, 2.24) is 15.1 Å². The van der Waals surface area contributed by atoms with Crippen molar-refractivity contribution in [3.05, 3.63) is 87.3 Å². The van der Waals surface area contributed by atoms with E-state index < -0.39 is 0 Å². The molecule has 1 aliphatic rings. The van der Waals surface area contributed by atoms with Gasteiger partial charge in [-0.3, -0.25) is 14.7 Å². The number of hydrogen-bond donors (Lipinski definition) is 2. The summed E-state index contributed by atoms with van der Waals surface area (Å²) in [6.07, 6.45) is 3.67. The van der Waals surface area contributed by atoms with Crippen molar-refractivity contribution in [2.45, 2.75) is 39.0 Å². The smallest absolute Gasteiger partial charge is 0.274 e. The second-order valence-electron chi connectivity index (χ2n) is 7.85. The summed E-state index contributed by atoms with van der Waals surface area (Å²) in [4.78, 5) is 25.5. The van der Waals surface area contributed by atoms with Crippen molar-refractivity contribution < 1.29 is 4.79 Å². The molecule has 1 unspecified atom stereocenters. The molecule has 0 aliphatic heterocycles. The number of fused-ring (bicyclic) bond motifs is 1. The lowest BCUT2D eigenvalue weighted by Gasteiger charge is -2.14. The van der Waals surface area contributed by atoms with Crippen LogP contribution in [0.3, 0.4) is 0 Å². The molecule has 0 radical (unpaired) electrons. The molecule has 0 fully saturated rings. The number of aromatic amines is 1. The van der Waals surface area contributed by atoms with Crippen LogP contribution >= 0.6 is 0 Å². The summed E-state index contributed by atoms with van der Waals surface area (Å²) in [5, 5.41) is 6.35. The Morgan fingerprint density at radius 1 is 1.07 bits per heavy atom. The molecule has 5 nitrogen and oxygen atoms in total. The molecule has 1 aromatic heterocycles. The summed E-state index contributed by atoms with van der Waals surface area (Å²) < 4.78 is 1.63. The fraction of sp³-hybridized carbons (Fsp3) is 0.333. The van der Waals surface area contributed by atoms with Gasteiger partial charge in [-0.05, 0) is 56.7 Å². The Morgan fingerprint density at radius 3 is 2.55 bits per heavy atom. The van der Waals surface area contributed by atoms with Gasteiger partial charge in [0.15, 0.2) is 0 Å². The lowest BCUT2D eigenvalue weighted by Crippen LogP contribution is -2.32. The number of H-pyrrole nitrogens is 1. The zero-order valence-electron chi connectivity index (χ0n) is 16.8. The van der Waals surface area contributed by atoms with Gasteiger partial charge in [-0.1, -0.05) is 48.0 Å². The molecule has 1 atom stereocenters. The molecule has 1 amide bonds. The maximum absolute atomic E-state index is 12.9. The monoisotopic (exact) mass is 389 g/mol. The molecule has 2 aromatic carbocycles. The first-order valence-electron chi connectivity index (χ1n) is 10.3. The molecule has 1 heterocycles. The van der Waals surface area contributed by atoms with Gasteiger partial charge in [-0.2, -0.15) is 0 Å². The summed E-state index contributed by atoms with van der Waals surface area (Å²) in [6, 6.07) is 18.1. The first-order chi connectivity index (χ1) is 14.1. The van der Waals surface area contributed by atoms with Crippen LogP contribution in [0.2, 0.25) is 0 Å². The Morgan fingerprint density at radius 2 is 1.79 bits per heavy atom. The van der Waals surface area contributed by atoms with Crippen LogP contribution in [0.25, 0.3) is 5.69 Å². The highest BCUT2D eigenvalue weighted by Crippen LogP contribution is 2.23. The Kier molecular flexibility index (Phi) is 5.65. The number of carbonyl (C=O) groups is 1. The molecule has 0 bridgehead atoms. The van der Waals surface area contributed by atoms with E-state index in [9.17, 15) is 9.59 Å². The quantitative estimate of drug-likeness (QED) is 0.658. The van der Waals surface area contributed by atoms with Gasteiger partial charge in [0.25, 0.3) is 5.56 Å². The van der Waals surface area contributed by atoms with Gasteiger partial charge < -0.3 is 5.32 Å². The summed E-state index contributed by atoms with van der Waals surface area (Å²) in [5.74, 6) is 0.0590. The molecule has 3 aromatic rings. The minimum Gasteiger partial charge on any atom is -0.356 e. The molecule has 150 valence electrons. The predicted octanol–water partition coefficient (Wildman–Crippen LogP) is 3.33. The maximum atomic E-state index is 12.9. The van der Waals surface area contributed by atoms with Crippen LogP contribution < -0.4 is 10.9 Å². The lowest BCUT2D eigenvalue weighted by molar-refractivity contribution is -0.125. The number of aryl methyl sites for hydroxylation is 2. The number of benzene rings is 2. The summed E-state index contributed by atoms with van der Waals surface area (Å²) in [5.41, 5.74) is 5.04. The number of hydrogen-bond acceptors (Lipinski definition) is 2. The van der Waals surface area contributed by atoms with E-state index in [-0.39, 0.29) is 17.4 Å². The molecule has 0 spiro atoms. The van der Waals surface area contributed by atoms with E-state index >= 15 is 0 Å². The molecule has 2 N–H and O–H groups in total. The van der Waals surface area contributed by atoms with Crippen LogP contribution in [-0.4, -0.2) is 22.2 Å². The average Bonchev–Trinajstić information content (AvgIpc) is 2.91. The third kappa shape index (κ3) is 4.34. The molecule has 5 heteroatoms. The lowest BCUT2D eigenvalue weighted by atomic mass is 9.98. The van der Waals surface area contributed by atoms with E-state index in [0.29, 0.717) is 19.4 Å². The molecule has 1 aliphatic carbocycles. The number of nitrogens with zero attached hydrogens (tertiary/aromatic N) is 1. The first kappa shape index (κ1) is 19.2. The second kappa shape index (κ2) is 8.52. The zero-order chi connectivity index (χ0) is 20.2. The van der Waals surface area contributed by atoms with Gasteiger partial charge in [0.2, 0.25) is 5.91 Å². The highest BCUT2D eigenvalue weighted by atomic mass is 16.2. The highest BCUT2D eigenvalue weighted by Gasteiger charge is 2.25. The molecule has 0 saturated heterocycles. The van der Waals surface area contributed by atoms with E-state index in [2.05, 4.69) is 22.5 Å². The molecule has 29 heavy (non-hydrogen) atoms. The number of aromatic nitrogens is 2. The van der Waals surface area contributed by atoms with Crippen molar-refractivity contribution in [2.24, 2.45) is 5.92 Å². The Balaban J connectivity index is 1.38. The third-order valence-electron chi connectivity index (χ3n) is 5.78. The number of rotatable bonds is 5. The van der Waals surface area contributed by atoms with Gasteiger partial charge in [-0.15, -0.1) is 0 Å². The fourth-order valence-electron chi connectivity index (χ4n) is 4.02. The average molecular weight is 389 g/mol. The summed E-state index contributed by atoms with van der Waals surface area (Å²) in [6.45, 7) is 2.67. The number of carbonyl (C=O) groups excluding carboxylic acids is 1. The number of nitrogens with one attached hydrogen (secondary N) is 2. The van der Waals surface area contributed by atoms with E-state index in [1.807, 2.05) is 49.4 Å². The SMILES string of the molecule is Cc1ccc(-n2[nH]c3c(c2=O)CCC(C(=O)NCCc2ccccc2)CC3)cc1. The molecular weight excluding hydrogens is 362 g/mol. The van der Waals surface area contributed by atoms with Crippen molar-refractivity contribution in [3.63, 3.8) is 0 Å². The Labute approximate surface area is 170 Å². The van der Waals surface area contributed by atoms with Crippen LogP contribution in [0.1, 0.15) is 35.2 Å². The van der Waals surface area contributed by atoms with Crippen LogP contribution in [0.15, 0.2) is 59.4 Å². The van der Waals surface area contributed by atoms with Gasteiger partial charge in [0.05, 0.1) is 5.69 Å². The fourth-order valence-corrected chi connectivity index (χ4v) is 4.02. The van der Waals surface area contributed by atoms with Gasteiger partial charge in [0, 0.05) is 23.7 Å². The van der Waals surface area contributed by atoms with E-state index in [1.165, 1.54) is 5.56 Å². The third-order valence-corrected chi connectivity index (χ3v) is 5.78. The molecular formula is C24H27N3O2. The zero-order valence-corrected chi connectivity index (χ0v) is 16.8. The van der Waals surface area contributed by atoms with Gasteiger partial charge >= 0.3 is 0 Å². The van der Waals surface area contributed by atoms with Gasteiger partial charge in [-0.25, -0.2) is 4.68 Å². The topological polar surface area (TPSA) is 66.9 Å². The van der Waals surface area contributed by atoms with Crippen molar-refractivity contribution in [2.75, 3.05) is 6.54 Å². The van der Waals surface area contributed by atoms with Crippen LogP contribution in [-0.2, 0) is 24.1 Å². The molecule has 4 rings (SSSR count). The van der Waals surface area contributed by atoms with Crippen LogP contribution in [0, 0.1) is 12.8 Å². The Bertz CT molecular complexity index is 1030. The van der Waals surface area contributed by atoms with Crippen molar-refractivity contribution in [1.29, 1.82) is 0 Å². The summed E-state index contributed by atoms with van der Waals surface area (Å²) in [7, 11) is 0. The van der Waals surface area contributed by atoms with Crippen molar-refractivity contribution >= 4 is 5.91 Å². The number of amides is 1. The normalized spacial score (nSPS) is 16.1. The second-order valence-corrected chi connectivity index (χ2v) is 7.85. The first-order valence-corrected chi connectivity index (χ1v) is 10.3. The maximum Gasteiger partial charge on any atom is 0.274 e. The standard InChI is InChI=1S/C24H27N3O2/c1-17-7-11-20(12-8-17)27-24(29)21-13-9-19(10-14-22(21)26-27)23(28)25-16-15-18-5-3-2-4-6-18/h2-8,11-12,19,26H,9-10,13-16H2,1H3,(H,25,28). The van der Waals surface area contributed by atoms with E-state index in [1.54, 1.807) is 4.68 Å². The summed E-state index contributed by atoms with van der Waals surface area (Å²) >= 11 is 0. The Hall–Kier alpha value is -3.08. The minimum absolute atomic E-state index is 0.00832. The largest absolute Gasteiger partial charge is 0.356 e. The van der Waals surface area contributed by atoms with E-state index in [0.717, 1.165) is 41.8 Å². The molecule has 0 saturated carbocycles. The highest BCUT2D eigenvalue weighted by molar-refractivity contribution is 5.78.